The van der Waals surface area contributed by atoms with E-state index in [1.165, 1.54) is 0 Å². The molecule has 0 fully saturated rings. The van der Waals surface area contributed by atoms with Gasteiger partial charge in [-0.15, -0.1) is 0 Å². The standard InChI is InChI=1S/C30H26NO4PS/c32-29(33)28(20-36(37,21-11-3-1-4-12-21)22-13-5-2-6-14-22)31-30(34)35-19-27-25-17-9-7-15-23(25)24-16-8-10-18-26(24)27/h1-18,27-28H,19-20H2,(H,31,34)(H,32,33)/t28-/m1/s1. The zero-order chi connectivity index (χ0) is 25.8. The molecule has 0 unspecified atom stereocenters. The molecule has 0 saturated heterocycles. The zero-order valence-electron chi connectivity index (χ0n) is 20.0. The molecule has 5 nitrogen and oxygen atoms in total. The molecule has 0 heterocycles. The summed E-state index contributed by atoms with van der Waals surface area (Å²) in [7, 11) is 0. The maximum absolute atomic E-state index is 12.9. The number of carboxylic acid groups (broad SMARTS) is 1. The lowest BCUT2D eigenvalue weighted by Gasteiger charge is -2.27. The molecular formula is C30H26NO4PS. The molecule has 1 aliphatic carbocycles. The molecule has 2 N–H and O–H groups in total. The van der Waals surface area contributed by atoms with Crippen LogP contribution in [0, 0.1) is 0 Å². The number of hydrogen-bond acceptors (Lipinski definition) is 4. The Labute approximate surface area is 221 Å². The number of fused-ring (bicyclic) bond motifs is 3. The first-order chi connectivity index (χ1) is 18.0. The lowest BCUT2D eigenvalue weighted by Crippen LogP contribution is -2.45. The summed E-state index contributed by atoms with van der Waals surface area (Å²) in [5.41, 5.74) is 4.44. The molecule has 1 atom stereocenters. The maximum atomic E-state index is 12.9. The third-order valence-electron chi connectivity index (χ3n) is 6.72. The number of amides is 1. The summed E-state index contributed by atoms with van der Waals surface area (Å²) in [6, 6.07) is 31.5. The van der Waals surface area contributed by atoms with Crippen LogP contribution < -0.4 is 15.9 Å². The molecular weight excluding hydrogens is 501 g/mol. The van der Waals surface area contributed by atoms with Crippen molar-refractivity contribution in [2.45, 2.75) is 12.0 Å². The van der Waals surface area contributed by atoms with Crippen LogP contribution in [-0.2, 0) is 21.3 Å². The van der Waals surface area contributed by atoms with Crippen molar-refractivity contribution in [2.75, 3.05) is 12.8 Å². The first-order valence-corrected chi connectivity index (χ1v) is 15.0. The Morgan fingerprint density at radius 3 is 1.73 bits per heavy atom. The summed E-state index contributed by atoms with van der Waals surface area (Å²) in [6.45, 7) is 0.109. The largest absolute Gasteiger partial charge is 0.480 e. The van der Waals surface area contributed by atoms with Gasteiger partial charge in [-0.1, -0.05) is 121 Å². The highest BCUT2D eigenvalue weighted by molar-refractivity contribution is 8.22. The monoisotopic (exact) mass is 527 g/mol. The smallest absolute Gasteiger partial charge is 0.407 e. The van der Waals surface area contributed by atoms with E-state index in [0.29, 0.717) is 0 Å². The van der Waals surface area contributed by atoms with Gasteiger partial charge in [0, 0.05) is 18.1 Å². The minimum absolute atomic E-state index is 0.0931. The highest BCUT2D eigenvalue weighted by atomic mass is 32.4. The van der Waals surface area contributed by atoms with Gasteiger partial charge in [0.2, 0.25) is 0 Å². The second kappa shape index (κ2) is 10.7. The predicted molar refractivity (Wildman–Crippen MR) is 151 cm³/mol. The average Bonchev–Trinajstić information content (AvgIpc) is 3.26. The van der Waals surface area contributed by atoms with Crippen LogP contribution in [0.4, 0.5) is 4.79 Å². The van der Waals surface area contributed by atoms with Gasteiger partial charge in [-0.25, -0.2) is 9.59 Å². The average molecular weight is 528 g/mol. The fourth-order valence-electron chi connectivity index (χ4n) is 4.92. The Hall–Kier alpha value is -3.73. The lowest BCUT2D eigenvalue weighted by atomic mass is 9.98. The molecule has 0 bridgehead atoms. The molecule has 1 aliphatic rings. The van der Waals surface area contributed by atoms with Gasteiger partial charge >= 0.3 is 12.1 Å². The summed E-state index contributed by atoms with van der Waals surface area (Å²) in [5, 5.41) is 14.4. The topological polar surface area (TPSA) is 75.6 Å². The quantitative estimate of drug-likeness (QED) is 0.312. The van der Waals surface area contributed by atoms with Gasteiger partial charge in [0.05, 0.1) is 0 Å². The van der Waals surface area contributed by atoms with Crippen LogP contribution in [0.5, 0.6) is 0 Å². The molecule has 4 aromatic rings. The molecule has 37 heavy (non-hydrogen) atoms. The number of carbonyl (C=O) groups is 2. The summed E-state index contributed by atoms with van der Waals surface area (Å²) < 4.78 is 5.61. The van der Waals surface area contributed by atoms with E-state index in [-0.39, 0.29) is 18.7 Å². The van der Waals surface area contributed by atoms with E-state index < -0.39 is 24.1 Å². The number of hydrogen-bond donors (Lipinski definition) is 2. The van der Waals surface area contributed by atoms with Crippen molar-refractivity contribution in [1.29, 1.82) is 0 Å². The minimum atomic E-state index is -2.54. The second-order valence-corrected chi connectivity index (χ2v) is 13.7. The Balaban J connectivity index is 1.34. The first kappa shape index (κ1) is 24.9. The number of carboxylic acids is 1. The molecule has 5 rings (SSSR count). The lowest BCUT2D eigenvalue weighted by molar-refractivity contribution is -0.138. The van der Waals surface area contributed by atoms with E-state index >= 15 is 0 Å². The SMILES string of the molecule is O=C(N[C@H](CP(=S)(c1ccccc1)c1ccccc1)C(=O)O)OCC1c2ccccc2-c2ccccc21. The van der Waals surface area contributed by atoms with Crippen molar-refractivity contribution in [2.24, 2.45) is 0 Å². The summed E-state index contributed by atoms with van der Waals surface area (Å²) in [6.07, 6.45) is -0.674. The van der Waals surface area contributed by atoms with Gasteiger partial charge in [-0.05, 0) is 32.9 Å². The van der Waals surface area contributed by atoms with Crippen molar-refractivity contribution in [3.8, 4) is 11.1 Å². The molecule has 1 amide bonds. The molecule has 4 aromatic carbocycles. The number of nitrogens with one attached hydrogen (secondary N) is 1. The van der Waals surface area contributed by atoms with Gasteiger partial charge in [-0.3, -0.25) is 0 Å². The van der Waals surface area contributed by atoms with Crippen LogP contribution in [0.25, 0.3) is 11.1 Å². The summed E-state index contributed by atoms with van der Waals surface area (Å²) >= 11 is 6.18. The highest BCUT2D eigenvalue weighted by Crippen LogP contribution is 2.45. The van der Waals surface area contributed by atoms with Crippen LogP contribution in [-0.4, -0.2) is 36.0 Å². The number of carbonyl (C=O) groups excluding carboxylic acids is 1. The first-order valence-electron chi connectivity index (χ1n) is 12.0. The van der Waals surface area contributed by atoms with Crippen LogP contribution in [0.15, 0.2) is 109 Å². The molecule has 0 aromatic heterocycles. The maximum Gasteiger partial charge on any atom is 0.407 e. The van der Waals surface area contributed by atoms with E-state index in [4.69, 9.17) is 16.5 Å². The third kappa shape index (κ3) is 5.08. The minimum Gasteiger partial charge on any atom is -0.480 e. The summed E-state index contributed by atoms with van der Waals surface area (Å²) in [5.74, 6) is -1.25. The predicted octanol–water partition coefficient (Wildman–Crippen LogP) is 5.11. The van der Waals surface area contributed by atoms with Crippen molar-refractivity contribution >= 4 is 40.5 Å². The molecule has 186 valence electrons. The number of benzene rings is 4. The Morgan fingerprint density at radius 1 is 0.784 bits per heavy atom. The Bertz CT molecular complexity index is 1390. The van der Waals surface area contributed by atoms with Gasteiger partial charge in [0.25, 0.3) is 0 Å². The highest BCUT2D eigenvalue weighted by Gasteiger charge is 2.33. The Morgan fingerprint density at radius 2 is 1.24 bits per heavy atom. The molecule has 0 aliphatic heterocycles. The van der Waals surface area contributed by atoms with Crippen molar-refractivity contribution in [1.82, 2.24) is 5.32 Å². The van der Waals surface area contributed by atoms with E-state index in [9.17, 15) is 14.7 Å². The fraction of sp³-hybridized carbons (Fsp3) is 0.133. The van der Waals surface area contributed by atoms with Gasteiger partial charge < -0.3 is 15.2 Å². The zero-order valence-corrected chi connectivity index (χ0v) is 21.7. The molecule has 0 saturated carbocycles. The number of aliphatic carboxylic acids is 1. The van der Waals surface area contributed by atoms with Crippen molar-refractivity contribution in [3.05, 3.63) is 120 Å². The van der Waals surface area contributed by atoms with E-state index in [0.717, 1.165) is 32.9 Å². The number of ether oxygens (including phenoxy) is 1. The van der Waals surface area contributed by atoms with Crippen molar-refractivity contribution < 1.29 is 19.4 Å². The molecule has 0 radical (unpaired) electrons. The molecule has 0 spiro atoms. The second-order valence-electron chi connectivity index (χ2n) is 8.95. The summed E-state index contributed by atoms with van der Waals surface area (Å²) in [4.78, 5) is 25.1. The van der Waals surface area contributed by atoms with Gasteiger partial charge in [0.15, 0.2) is 0 Å². The Kier molecular flexibility index (Phi) is 7.22. The normalized spacial score (nSPS) is 13.3. The van der Waals surface area contributed by atoms with Gasteiger partial charge in [-0.2, -0.15) is 0 Å². The number of alkyl carbamates (subject to hydrolysis) is 1. The van der Waals surface area contributed by atoms with Gasteiger partial charge in [0.1, 0.15) is 12.6 Å². The van der Waals surface area contributed by atoms with Crippen LogP contribution in [0.2, 0.25) is 0 Å². The third-order valence-corrected chi connectivity index (χ3v) is 11.6. The van der Waals surface area contributed by atoms with E-state index in [1.807, 2.05) is 97.1 Å². The van der Waals surface area contributed by atoms with Crippen LogP contribution in [0.1, 0.15) is 17.0 Å². The molecule has 7 heteroatoms. The van der Waals surface area contributed by atoms with E-state index in [2.05, 4.69) is 17.4 Å². The fourth-order valence-corrected chi connectivity index (χ4v) is 8.89. The van der Waals surface area contributed by atoms with Crippen LogP contribution >= 0.6 is 6.04 Å². The van der Waals surface area contributed by atoms with Crippen molar-refractivity contribution in [3.63, 3.8) is 0 Å². The van der Waals surface area contributed by atoms with Crippen LogP contribution in [0.3, 0.4) is 0 Å². The van der Waals surface area contributed by atoms with E-state index in [1.54, 1.807) is 0 Å². The number of rotatable bonds is 8.